The van der Waals surface area contributed by atoms with Crippen molar-refractivity contribution in [2.45, 2.75) is 46.1 Å². The van der Waals surface area contributed by atoms with E-state index in [4.69, 9.17) is 0 Å². The number of aryl methyl sites for hydroxylation is 1. The molecule has 0 fully saturated rings. The molecule has 0 saturated carbocycles. The van der Waals surface area contributed by atoms with E-state index in [9.17, 15) is 0 Å². The first-order chi connectivity index (χ1) is 7.22. The zero-order chi connectivity index (χ0) is 11.1. The lowest BCUT2D eigenvalue weighted by Crippen LogP contribution is -2.24. The molecule has 0 spiro atoms. The Balaban J connectivity index is 2.43. The average molecular weight is 205 g/mol. The Morgan fingerprint density at radius 1 is 1.13 bits per heavy atom. The number of nitrogens with one attached hydrogen (secondary N) is 1. The molecule has 0 saturated heterocycles. The van der Waals surface area contributed by atoms with Crippen molar-refractivity contribution >= 4 is 0 Å². The van der Waals surface area contributed by atoms with Crippen LogP contribution in [0.2, 0.25) is 0 Å². The quantitative estimate of drug-likeness (QED) is 0.752. The third-order valence-corrected chi connectivity index (χ3v) is 2.50. The molecule has 1 aromatic rings. The second kappa shape index (κ2) is 6.62. The Bertz CT molecular complexity index is 278. The molecule has 0 aromatic heterocycles. The van der Waals surface area contributed by atoms with E-state index in [0.29, 0.717) is 6.04 Å². The van der Waals surface area contributed by atoms with Crippen molar-refractivity contribution < 1.29 is 0 Å². The number of hydrogen-bond acceptors (Lipinski definition) is 1. The fourth-order valence-corrected chi connectivity index (χ4v) is 1.73. The maximum absolute atomic E-state index is 3.45. The molecule has 0 unspecified atom stereocenters. The van der Waals surface area contributed by atoms with Gasteiger partial charge in [-0.05, 0) is 30.5 Å². The molecular weight excluding hydrogens is 182 g/mol. The van der Waals surface area contributed by atoms with Gasteiger partial charge in [-0.15, -0.1) is 0 Å². The van der Waals surface area contributed by atoms with Crippen molar-refractivity contribution in [2.75, 3.05) is 6.54 Å². The molecule has 0 heterocycles. The van der Waals surface area contributed by atoms with Crippen molar-refractivity contribution in [1.29, 1.82) is 0 Å². The first kappa shape index (κ1) is 12.3. The van der Waals surface area contributed by atoms with Crippen LogP contribution in [0.4, 0.5) is 0 Å². The molecule has 84 valence electrons. The van der Waals surface area contributed by atoms with Crippen LogP contribution in [-0.4, -0.2) is 12.6 Å². The highest BCUT2D eigenvalue weighted by Crippen LogP contribution is 2.07. The summed E-state index contributed by atoms with van der Waals surface area (Å²) < 4.78 is 0. The van der Waals surface area contributed by atoms with Crippen LogP contribution in [0.15, 0.2) is 24.3 Å². The molecule has 15 heavy (non-hydrogen) atoms. The van der Waals surface area contributed by atoms with Gasteiger partial charge in [0.15, 0.2) is 0 Å². The molecule has 1 N–H and O–H groups in total. The Kier molecular flexibility index (Phi) is 5.41. The minimum Gasteiger partial charge on any atom is -0.314 e. The molecular formula is C14H23N. The Hall–Kier alpha value is -0.820. The molecule has 1 heteroatoms. The van der Waals surface area contributed by atoms with E-state index in [2.05, 4.69) is 50.4 Å². The fourth-order valence-electron chi connectivity index (χ4n) is 1.73. The van der Waals surface area contributed by atoms with Crippen LogP contribution >= 0.6 is 0 Å². The summed E-state index contributed by atoms with van der Waals surface area (Å²) >= 11 is 0. The van der Waals surface area contributed by atoms with E-state index >= 15 is 0 Å². The lowest BCUT2D eigenvalue weighted by Gasteiger charge is -2.08. The first-order valence-electron chi connectivity index (χ1n) is 6.03. The van der Waals surface area contributed by atoms with Crippen LogP contribution in [0.5, 0.6) is 0 Å². The molecule has 0 aliphatic carbocycles. The van der Waals surface area contributed by atoms with Gasteiger partial charge in [-0.2, -0.15) is 0 Å². The minimum absolute atomic E-state index is 0.587. The maximum atomic E-state index is 3.45. The van der Waals surface area contributed by atoms with Gasteiger partial charge in [0.1, 0.15) is 0 Å². The smallest absolute Gasteiger partial charge is 0.00105 e. The topological polar surface area (TPSA) is 12.0 Å². The van der Waals surface area contributed by atoms with Gasteiger partial charge in [0, 0.05) is 6.04 Å². The van der Waals surface area contributed by atoms with Gasteiger partial charge < -0.3 is 5.32 Å². The third-order valence-electron chi connectivity index (χ3n) is 2.50. The molecule has 0 bridgehead atoms. The van der Waals surface area contributed by atoms with Crippen molar-refractivity contribution in [3.8, 4) is 0 Å². The highest BCUT2D eigenvalue weighted by atomic mass is 14.9. The molecule has 0 radical (unpaired) electrons. The van der Waals surface area contributed by atoms with Gasteiger partial charge in [-0.1, -0.05) is 51.5 Å². The maximum Gasteiger partial charge on any atom is 0.00105 e. The summed E-state index contributed by atoms with van der Waals surface area (Å²) in [6.45, 7) is 7.68. The monoisotopic (exact) mass is 205 g/mol. The summed E-state index contributed by atoms with van der Waals surface area (Å²) in [5, 5.41) is 3.45. The SMILES string of the molecule is CCCc1cccc(CCNC(C)C)c1. The van der Waals surface area contributed by atoms with Crippen LogP contribution < -0.4 is 5.32 Å². The van der Waals surface area contributed by atoms with Gasteiger partial charge in [-0.3, -0.25) is 0 Å². The Labute approximate surface area is 93.9 Å². The Morgan fingerprint density at radius 2 is 1.80 bits per heavy atom. The lowest BCUT2D eigenvalue weighted by molar-refractivity contribution is 0.590. The van der Waals surface area contributed by atoms with Gasteiger partial charge >= 0.3 is 0 Å². The summed E-state index contributed by atoms with van der Waals surface area (Å²) in [6, 6.07) is 9.55. The van der Waals surface area contributed by atoms with Gasteiger partial charge in [0.25, 0.3) is 0 Å². The zero-order valence-corrected chi connectivity index (χ0v) is 10.2. The van der Waals surface area contributed by atoms with Crippen LogP contribution in [0, 0.1) is 0 Å². The van der Waals surface area contributed by atoms with Crippen molar-refractivity contribution in [3.63, 3.8) is 0 Å². The molecule has 1 nitrogen and oxygen atoms in total. The van der Waals surface area contributed by atoms with Crippen LogP contribution in [0.1, 0.15) is 38.3 Å². The van der Waals surface area contributed by atoms with E-state index in [1.807, 2.05) is 0 Å². The lowest BCUT2D eigenvalue weighted by atomic mass is 10.0. The summed E-state index contributed by atoms with van der Waals surface area (Å²) in [7, 11) is 0. The standard InChI is InChI=1S/C14H23N/c1-4-6-13-7-5-8-14(11-13)9-10-15-12(2)3/h5,7-8,11-12,15H,4,6,9-10H2,1-3H3. The van der Waals surface area contributed by atoms with Gasteiger partial charge in [0.05, 0.1) is 0 Å². The third kappa shape index (κ3) is 4.98. The minimum atomic E-state index is 0.587. The summed E-state index contributed by atoms with van der Waals surface area (Å²) in [5.41, 5.74) is 2.92. The van der Waals surface area contributed by atoms with Gasteiger partial charge in [-0.25, -0.2) is 0 Å². The predicted octanol–water partition coefficient (Wildman–Crippen LogP) is 3.18. The van der Waals surface area contributed by atoms with Crippen LogP contribution in [-0.2, 0) is 12.8 Å². The first-order valence-corrected chi connectivity index (χ1v) is 6.03. The molecule has 1 aromatic carbocycles. The van der Waals surface area contributed by atoms with Crippen LogP contribution in [0.25, 0.3) is 0 Å². The average Bonchev–Trinajstić information content (AvgIpc) is 2.18. The molecule has 0 aliphatic heterocycles. The number of hydrogen-bond donors (Lipinski definition) is 1. The fraction of sp³-hybridized carbons (Fsp3) is 0.571. The van der Waals surface area contributed by atoms with Gasteiger partial charge in [0.2, 0.25) is 0 Å². The number of benzene rings is 1. The second-order valence-electron chi connectivity index (χ2n) is 4.43. The Morgan fingerprint density at radius 3 is 2.40 bits per heavy atom. The highest BCUT2D eigenvalue weighted by Gasteiger charge is 1.96. The van der Waals surface area contributed by atoms with Crippen molar-refractivity contribution in [2.24, 2.45) is 0 Å². The molecule has 1 rings (SSSR count). The summed E-state index contributed by atoms with van der Waals surface area (Å²) in [6.07, 6.45) is 3.56. The second-order valence-corrected chi connectivity index (χ2v) is 4.43. The zero-order valence-electron chi connectivity index (χ0n) is 10.2. The van der Waals surface area contributed by atoms with Crippen LogP contribution in [0.3, 0.4) is 0 Å². The van der Waals surface area contributed by atoms with Crippen molar-refractivity contribution in [3.05, 3.63) is 35.4 Å². The summed E-state index contributed by atoms with van der Waals surface area (Å²) in [4.78, 5) is 0. The van der Waals surface area contributed by atoms with E-state index < -0.39 is 0 Å². The molecule has 0 amide bonds. The van der Waals surface area contributed by atoms with E-state index in [1.165, 1.54) is 24.0 Å². The molecule has 0 atom stereocenters. The van der Waals surface area contributed by atoms with Crippen molar-refractivity contribution in [1.82, 2.24) is 5.32 Å². The summed E-state index contributed by atoms with van der Waals surface area (Å²) in [5.74, 6) is 0. The largest absolute Gasteiger partial charge is 0.314 e. The van der Waals surface area contributed by atoms with E-state index in [-0.39, 0.29) is 0 Å². The molecule has 0 aliphatic rings. The van der Waals surface area contributed by atoms with E-state index in [1.54, 1.807) is 0 Å². The number of rotatable bonds is 6. The highest BCUT2D eigenvalue weighted by molar-refractivity contribution is 5.23. The van der Waals surface area contributed by atoms with E-state index in [0.717, 1.165) is 13.0 Å². The normalized spacial score (nSPS) is 10.9. The predicted molar refractivity (Wildman–Crippen MR) is 67.3 cm³/mol.